The molecule has 126 valence electrons. The molecule has 1 aromatic rings. The Labute approximate surface area is 134 Å². The lowest BCUT2D eigenvalue weighted by Gasteiger charge is -2.26. The van der Waals surface area contributed by atoms with Crippen molar-refractivity contribution in [1.29, 1.82) is 0 Å². The maximum atomic E-state index is 14.0. The molecule has 2 aliphatic rings. The van der Waals surface area contributed by atoms with Crippen LogP contribution in [0.25, 0.3) is 0 Å². The highest BCUT2D eigenvalue weighted by molar-refractivity contribution is 7.89. The van der Waals surface area contributed by atoms with Gasteiger partial charge in [-0.2, -0.15) is 4.31 Å². The largest absolute Gasteiger partial charge is 0.379 e. The first-order valence-corrected chi connectivity index (χ1v) is 9.02. The molecule has 0 aromatic heterocycles. The Bertz CT molecular complexity index is 716. The van der Waals surface area contributed by atoms with E-state index in [9.17, 15) is 17.6 Å². The van der Waals surface area contributed by atoms with Crippen LogP contribution in [-0.2, 0) is 19.6 Å². The molecule has 1 aliphatic heterocycles. The van der Waals surface area contributed by atoms with Crippen molar-refractivity contribution in [3.8, 4) is 0 Å². The molecule has 1 N–H and O–H groups in total. The van der Waals surface area contributed by atoms with Crippen LogP contribution in [0.15, 0.2) is 23.1 Å². The molecule has 8 heteroatoms. The van der Waals surface area contributed by atoms with E-state index in [4.69, 9.17) is 4.74 Å². The Kier molecular flexibility index (Phi) is 4.39. The molecule has 1 heterocycles. The average Bonchev–Trinajstić information content (AvgIpc) is 3.27. The molecule has 2 unspecified atom stereocenters. The Hall–Kier alpha value is -1.51. The van der Waals surface area contributed by atoms with Gasteiger partial charge in [0, 0.05) is 24.7 Å². The van der Waals surface area contributed by atoms with Gasteiger partial charge in [-0.05, 0) is 30.5 Å². The van der Waals surface area contributed by atoms with Gasteiger partial charge in [0.25, 0.3) is 0 Å². The van der Waals surface area contributed by atoms with Crippen molar-refractivity contribution in [2.45, 2.75) is 18.2 Å². The Morgan fingerprint density at radius 2 is 2.00 bits per heavy atom. The van der Waals surface area contributed by atoms with E-state index in [-0.39, 0.29) is 38.1 Å². The Balaban J connectivity index is 1.83. The number of hydrogen-bond donors (Lipinski definition) is 1. The van der Waals surface area contributed by atoms with Crippen LogP contribution >= 0.6 is 0 Å². The molecule has 0 radical (unpaired) electrons. The van der Waals surface area contributed by atoms with Crippen molar-refractivity contribution >= 4 is 21.6 Å². The molecule has 2 fully saturated rings. The van der Waals surface area contributed by atoms with Crippen molar-refractivity contribution in [1.82, 2.24) is 4.31 Å². The number of nitrogens with one attached hydrogen (secondary N) is 1. The maximum absolute atomic E-state index is 14.0. The number of sulfonamides is 1. The molecule has 1 amide bonds. The standard InChI is InChI=1S/C15H19FN2O4S/c1-10-8-12(10)15(19)17-11-2-3-13(16)14(9-11)23(20,21)18-4-6-22-7-5-18/h2-3,9-10,12H,4-8H2,1H3,(H,17,19). The third-order valence-electron chi connectivity index (χ3n) is 4.23. The molecule has 2 atom stereocenters. The first-order valence-electron chi connectivity index (χ1n) is 7.58. The molecule has 0 bridgehead atoms. The predicted molar refractivity (Wildman–Crippen MR) is 81.9 cm³/mol. The molecule has 6 nitrogen and oxygen atoms in total. The number of nitrogens with zero attached hydrogens (tertiary/aromatic N) is 1. The number of morpholine rings is 1. The number of ether oxygens (including phenoxy) is 1. The number of hydrogen-bond acceptors (Lipinski definition) is 4. The highest BCUT2D eigenvalue weighted by atomic mass is 32.2. The van der Waals surface area contributed by atoms with E-state index < -0.39 is 20.7 Å². The van der Waals surface area contributed by atoms with E-state index in [2.05, 4.69) is 5.32 Å². The summed E-state index contributed by atoms with van der Waals surface area (Å²) in [4.78, 5) is 11.5. The van der Waals surface area contributed by atoms with Gasteiger partial charge >= 0.3 is 0 Å². The minimum absolute atomic E-state index is 0.0423. The summed E-state index contributed by atoms with van der Waals surface area (Å²) in [7, 11) is -3.94. The Morgan fingerprint density at radius 3 is 2.61 bits per heavy atom. The SMILES string of the molecule is CC1CC1C(=O)Nc1ccc(F)c(S(=O)(=O)N2CCOCC2)c1. The highest BCUT2D eigenvalue weighted by Crippen LogP contribution is 2.38. The molecule has 1 aliphatic carbocycles. The molecular weight excluding hydrogens is 323 g/mol. The number of halogens is 1. The van der Waals surface area contributed by atoms with Crippen molar-refractivity contribution in [2.24, 2.45) is 11.8 Å². The second kappa shape index (κ2) is 6.18. The van der Waals surface area contributed by atoms with Gasteiger partial charge < -0.3 is 10.1 Å². The van der Waals surface area contributed by atoms with Gasteiger partial charge in [0.05, 0.1) is 13.2 Å². The summed E-state index contributed by atoms with van der Waals surface area (Å²) in [6.45, 7) is 2.94. The molecule has 1 saturated carbocycles. The summed E-state index contributed by atoms with van der Waals surface area (Å²) in [6, 6.07) is 3.63. The zero-order valence-electron chi connectivity index (χ0n) is 12.8. The average molecular weight is 342 g/mol. The topological polar surface area (TPSA) is 75.7 Å². The van der Waals surface area contributed by atoms with Crippen LogP contribution in [0.3, 0.4) is 0 Å². The number of amides is 1. The molecule has 1 saturated heterocycles. The van der Waals surface area contributed by atoms with Gasteiger partial charge in [0.2, 0.25) is 15.9 Å². The molecule has 23 heavy (non-hydrogen) atoms. The van der Waals surface area contributed by atoms with Crippen molar-refractivity contribution in [2.75, 3.05) is 31.6 Å². The lowest BCUT2D eigenvalue weighted by Crippen LogP contribution is -2.40. The minimum Gasteiger partial charge on any atom is -0.379 e. The van der Waals surface area contributed by atoms with Gasteiger partial charge in [-0.3, -0.25) is 4.79 Å². The molecule has 1 aromatic carbocycles. The molecule has 3 rings (SSSR count). The van der Waals surface area contributed by atoms with E-state index in [1.165, 1.54) is 16.4 Å². The number of benzene rings is 1. The molecular formula is C15H19FN2O4S. The lowest BCUT2D eigenvalue weighted by molar-refractivity contribution is -0.117. The van der Waals surface area contributed by atoms with Gasteiger partial charge in [-0.1, -0.05) is 6.92 Å². The van der Waals surface area contributed by atoms with E-state index in [0.29, 0.717) is 11.6 Å². The Morgan fingerprint density at radius 1 is 1.35 bits per heavy atom. The van der Waals surface area contributed by atoms with Crippen LogP contribution < -0.4 is 5.32 Å². The van der Waals surface area contributed by atoms with E-state index in [0.717, 1.165) is 12.5 Å². The number of anilines is 1. The zero-order valence-corrected chi connectivity index (χ0v) is 13.6. The third-order valence-corrected chi connectivity index (χ3v) is 6.15. The smallest absolute Gasteiger partial charge is 0.246 e. The van der Waals surface area contributed by atoms with Gasteiger partial charge in [0.1, 0.15) is 10.7 Å². The highest BCUT2D eigenvalue weighted by Gasteiger charge is 2.39. The summed E-state index contributed by atoms with van der Waals surface area (Å²) in [5.41, 5.74) is 0.294. The van der Waals surface area contributed by atoms with Crippen LogP contribution in [0.1, 0.15) is 13.3 Å². The van der Waals surface area contributed by atoms with Crippen LogP contribution in [0.5, 0.6) is 0 Å². The second-order valence-electron chi connectivity index (χ2n) is 5.97. The predicted octanol–water partition coefficient (Wildman–Crippen LogP) is 1.44. The summed E-state index contributed by atoms with van der Waals surface area (Å²) in [6.07, 6.45) is 0.825. The first-order chi connectivity index (χ1) is 10.9. The first kappa shape index (κ1) is 16.4. The number of carbonyl (C=O) groups excluding carboxylic acids is 1. The van der Waals surface area contributed by atoms with Crippen LogP contribution in [0, 0.1) is 17.7 Å². The van der Waals surface area contributed by atoms with Crippen molar-refractivity contribution < 1.29 is 22.3 Å². The summed E-state index contributed by atoms with van der Waals surface area (Å²) in [5.74, 6) is -0.681. The van der Waals surface area contributed by atoms with Crippen LogP contribution in [-0.4, -0.2) is 44.9 Å². The van der Waals surface area contributed by atoms with Crippen molar-refractivity contribution in [3.05, 3.63) is 24.0 Å². The number of rotatable bonds is 4. The third kappa shape index (κ3) is 3.39. The summed E-state index contributed by atoms with van der Waals surface area (Å²) in [5, 5.41) is 2.66. The summed E-state index contributed by atoms with van der Waals surface area (Å²) >= 11 is 0. The van der Waals surface area contributed by atoms with Crippen LogP contribution in [0.2, 0.25) is 0 Å². The van der Waals surface area contributed by atoms with E-state index >= 15 is 0 Å². The van der Waals surface area contributed by atoms with E-state index in [1.54, 1.807) is 0 Å². The second-order valence-corrected chi connectivity index (χ2v) is 7.88. The fourth-order valence-electron chi connectivity index (χ4n) is 2.63. The van der Waals surface area contributed by atoms with Gasteiger partial charge in [0.15, 0.2) is 0 Å². The van der Waals surface area contributed by atoms with Crippen molar-refractivity contribution in [3.63, 3.8) is 0 Å². The normalized spacial score (nSPS) is 25.1. The monoisotopic (exact) mass is 342 g/mol. The molecule has 0 spiro atoms. The fraction of sp³-hybridized carbons (Fsp3) is 0.533. The number of carbonyl (C=O) groups is 1. The van der Waals surface area contributed by atoms with E-state index in [1.807, 2.05) is 6.92 Å². The zero-order chi connectivity index (χ0) is 16.6. The lowest BCUT2D eigenvalue weighted by atomic mass is 10.2. The van der Waals surface area contributed by atoms with Gasteiger partial charge in [-0.25, -0.2) is 12.8 Å². The maximum Gasteiger partial charge on any atom is 0.246 e. The minimum atomic E-state index is -3.94. The fourth-order valence-corrected chi connectivity index (χ4v) is 4.13. The quantitative estimate of drug-likeness (QED) is 0.898. The summed E-state index contributed by atoms with van der Waals surface area (Å²) < 4.78 is 45.5. The van der Waals surface area contributed by atoms with Gasteiger partial charge in [-0.15, -0.1) is 0 Å². The van der Waals surface area contributed by atoms with Crippen LogP contribution in [0.4, 0.5) is 10.1 Å².